The normalized spacial score (nSPS) is 19.9. The Morgan fingerprint density at radius 2 is 1.88 bits per heavy atom. The number of benzene rings is 2. The number of carbonyl (C=O) groups is 1. The zero-order valence-electron chi connectivity index (χ0n) is 14.3. The first-order valence-electron chi connectivity index (χ1n) is 8.24. The van der Waals surface area contributed by atoms with Gasteiger partial charge in [0.1, 0.15) is 46.5 Å². The van der Waals surface area contributed by atoms with Gasteiger partial charge in [-0.15, -0.1) is 0 Å². The Labute approximate surface area is 149 Å². The van der Waals surface area contributed by atoms with E-state index in [4.69, 9.17) is 9.47 Å². The standard InChI is InChI=1S/C20H18O6/c1-20(2)6-5-12-14(22)4-3-11(19(12)26-20)13-9-25-16-8-10(21)7-15(23)17(16)18(13)24/h3-8,13,21-23H,9H2,1-2H3/t13-/m0/s1. The molecule has 0 amide bonds. The molecule has 0 bridgehead atoms. The van der Waals surface area contributed by atoms with Crippen LogP contribution < -0.4 is 9.47 Å². The number of aromatic hydroxyl groups is 3. The summed E-state index contributed by atoms with van der Waals surface area (Å²) >= 11 is 0. The second-order valence-electron chi connectivity index (χ2n) is 7.02. The van der Waals surface area contributed by atoms with Gasteiger partial charge in [-0.25, -0.2) is 0 Å². The van der Waals surface area contributed by atoms with E-state index in [1.54, 1.807) is 12.1 Å². The molecule has 4 rings (SSSR count). The van der Waals surface area contributed by atoms with Crippen LogP contribution in [0.25, 0.3) is 6.08 Å². The predicted molar refractivity (Wildman–Crippen MR) is 94.2 cm³/mol. The molecule has 6 heteroatoms. The molecule has 0 saturated carbocycles. The number of phenols is 3. The number of ketones is 1. The van der Waals surface area contributed by atoms with Gasteiger partial charge in [0, 0.05) is 17.7 Å². The van der Waals surface area contributed by atoms with E-state index in [-0.39, 0.29) is 41.0 Å². The molecule has 2 aromatic rings. The highest BCUT2D eigenvalue weighted by Crippen LogP contribution is 2.46. The summed E-state index contributed by atoms with van der Waals surface area (Å²) in [5, 5.41) is 29.8. The lowest BCUT2D eigenvalue weighted by Gasteiger charge is -2.32. The van der Waals surface area contributed by atoms with Gasteiger partial charge in [0.05, 0.1) is 11.5 Å². The van der Waals surface area contributed by atoms with Crippen LogP contribution in [-0.2, 0) is 0 Å². The van der Waals surface area contributed by atoms with E-state index in [1.165, 1.54) is 12.1 Å². The molecule has 2 aromatic carbocycles. The van der Waals surface area contributed by atoms with E-state index in [9.17, 15) is 20.1 Å². The van der Waals surface area contributed by atoms with Gasteiger partial charge >= 0.3 is 0 Å². The minimum absolute atomic E-state index is 0.0338. The molecular weight excluding hydrogens is 336 g/mol. The molecule has 0 radical (unpaired) electrons. The maximum atomic E-state index is 13.0. The van der Waals surface area contributed by atoms with Crippen molar-refractivity contribution in [1.29, 1.82) is 0 Å². The molecular formula is C20H18O6. The SMILES string of the molecule is CC1(C)C=Cc2c(O)ccc([C@@H]3COc4cc(O)cc(O)c4C3=O)c2O1. The molecule has 0 spiro atoms. The number of hydrogen-bond acceptors (Lipinski definition) is 6. The molecule has 0 saturated heterocycles. The highest BCUT2D eigenvalue weighted by Gasteiger charge is 2.37. The zero-order valence-corrected chi connectivity index (χ0v) is 14.3. The molecule has 0 unspecified atom stereocenters. The van der Waals surface area contributed by atoms with Crippen molar-refractivity contribution in [3.05, 3.63) is 47.0 Å². The fourth-order valence-electron chi connectivity index (χ4n) is 3.34. The second-order valence-corrected chi connectivity index (χ2v) is 7.02. The van der Waals surface area contributed by atoms with Crippen LogP contribution in [0.2, 0.25) is 0 Å². The molecule has 6 nitrogen and oxygen atoms in total. The van der Waals surface area contributed by atoms with Crippen LogP contribution >= 0.6 is 0 Å². The third kappa shape index (κ3) is 2.45. The quantitative estimate of drug-likeness (QED) is 0.727. The molecule has 2 aliphatic heterocycles. The van der Waals surface area contributed by atoms with Gasteiger partial charge in [0.25, 0.3) is 0 Å². The lowest BCUT2D eigenvalue weighted by atomic mass is 9.86. The van der Waals surface area contributed by atoms with Crippen LogP contribution in [0.4, 0.5) is 0 Å². The fourth-order valence-corrected chi connectivity index (χ4v) is 3.34. The largest absolute Gasteiger partial charge is 0.508 e. The van der Waals surface area contributed by atoms with Crippen molar-refractivity contribution in [2.24, 2.45) is 0 Å². The predicted octanol–water partition coefficient (Wildman–Crippen LogP) is 3.35. The molecule has 26 heavy (non-hydrogen) atoms. The lowest BCUT2D eigenvalue weighted by molar-refractivity contribution is 0.0882. The minimum Gasteiger partial charge on any atom is -0.508 e. The number of carbonyl (C=O) groups excluding carboxylic acids is 1. The highest BCUT2D eigenvalue weighted by atomic mass is 16.5. The van der Waals surface area contributed by atoms with Gasteiger partial charge in [0.2, 0.25) is 0 Å². The minimum atomic E-state index is -0.699. The van der Waals surface area contributed by atoms with Crippen molar-refractivity contribution >= 4 is 11.9 Å². The summed E-state index contributed by atoms with van der Waals surface area (Å²) in [6.07, 6.45) is 3.61. The van der Waals surface area contributed by atoms with Crippen molar-refractivity contribution in [1.82, 2.24) is 0 Å². The molecule has 2 aliphatic rings. The zero-order chi connectivity index (χ0) is 18.6. The number of fused-ring (bicyclic) bond motifs is 2. The Balaban J connectivity index is 1.83. The van der Waals surface area contributed by atoms with Crippen LogP contribution in [0.1, 0.15) is 41.3 Å². The Morgan fingerprint density at radius 1 is 1.12 bits per heavy atom. The van der Waals surface area contributed by atoms with Gasteiger partial charge in [-0.1, -0.05) is 6.07 Å². The second kappa shape index (κ2) is 5.42. The van der Waals surface area contributed by atoms with Crippen molar-refractivity contribution in [2.75, 3.05) is 6.61 Å². The van der Waals surface area contributed by atoms with E-state index < -0.39 is 11.5 Å². The van der Waals surface area contributed by atoms with E-state index >= 15 is 0 Å². The average molecular weight is 354 g/mol. The van der Waals surface area contributed by atoms with E-state index in [0.717, 1.165) is 6.07 Å². The van der Waals surface area contributed by atoms with Crippen molar-refractivity contribution in [3.8, 4) is 28.7 Å². The summed E-state index contributed by atoms with van der Waals surface area (Å²) < 4.78 is 11.6. The molecule has 0 aromatic heterocycles. The van der Waals surface area contributed by atoms with E-state index in [2.05, 4.69) is 0 Å². The topological polar surface area (TPSA) is 96.2 Å². The summed E-state index contributed by atoms with van der Waals surface area (Å²) in [7, 11) is 0. The first-order chi connectivity index (χ1) is 12.3. The number of rotatable bonds is 1. The summed E-state index contributed by atoms with van der Waals surface area (Å²) in [6, 6.07) is 5.56. The molecule has 1 atom stereocenters. The number of phenolic OH excluding ortho intramolecular Hbond substituents is 3. The van der Waals surface area contributed by atoms with Crippen molar-refractivity contribution < 1.29 is 29.6 Å². The van der Waals surface area contributed by atoms with Crippen LogP contribution in [0.5, 0.6) is 28.7 Å². The van der Waals surface area contributed by atoms with E-state index in [0.29, 0.717) is 16.9 Å². The Bertz CT molecular complexity index is 957. The van der Waals surface area contributed by atoms with Gasteiger partial charge in [-0.05, 0) is 32.1 Å². The Hall–Kier alpha value is -3.15. The van der Waals surface area contributed by atoms with Crippen molar-refractivity contribution in [2.45, 2.75) is 25.4 Å². The summed E-state index contributed by atoms with van der Waals surface area (Å²) in [6.45, 7) is 3.80. The number of Topliss-reactive ketones (excluding diaryl/α,β-unsaturated/α-hetero) is 1. The van der Waals surface area contributed by atoms with Crippen LogP contribution in [-0.4, -0.2) is 33.3 Å². The lowest BCUT2D eigenvalue weighted by Crippen LogP contribution is -2.31. The Kier molecular flexibility index (Phi) is 3.41. The number of ether oxygens (including phenoxy) is 2. The average Bonchev–Trinajstić information content (AvgIpc) is 2.54. The monoisotopic (exact) mass is 354 g/mol. The highest BCUT2D eigenvalue weighted by molar-refractivity contribution is 6.07. The third-order valence-corrected chi connectivity index (χ3v) is 4.63. The first kappa shape index (κ1) is 16.3. The molecule has 134 valence electrons. The van der Waals surface area contributed by atoms with Gasteiger partial charge in [-0.2, -0.15) is 0 Å². The van der Waals surface area contributed by atoms with Gasteiger partial charge in [-0.3, -0.25) is 4.79 Å². The maximum Gasteiger partial charge on any atom is 0.181 e. The fraction of sp³-hybridized carbons (Fsp3) is 0.250. The summed E-state index contributed by atoms with van der Waals surface area (Å²) in [5.74, 6) is -0.887. The summed E-state index contributed by atoms with van der Waals surface area (Å²) in [4.78, 5) is 13.0. The van der Waals surface area contributed by atoms with Crippen LogP contribution in [0.15, 0.2) is 30.3 Å². The van der Waals surface area contributed by atoms with Crippen LogP contribution in [0, 0.1) is 0 Å². The summed E-state index contributed by atoms with van der Waals surface area (Å²) in [5.41, 5.74) is 0.542. The van der Waals surface area contributed by atoms with Gasteiger partial charge in [0.15, 0.2) is 5.78 Å². The van der Waals surface area contributed by atoms with E-state index in [1.807, 2.05) is 19.9 Å². The third-order valence-electron chi connectivity index (χ3n) is 4.63. The maximum absolute atomic E-state index is 13.0. The Morgan fingerprint density at radius 3 is 2.65 bits per heavy atom. The first-order valence-corrected chi connectivity index (χ1v) is 8.24. The van der Waals surface area contributed by atoms with Crippen LogP contribution in [0.3, 0.4) is 0 Å². The molecule has 0 aliphatic carbocycles. The van der Waals surface area contributed by atoms with Crippen molar-refractivity contribution in [3.63, 3.8) is 0 Å². The van der Waals surface area contributed by atoms with Gasteiger partial charge < -0.3 is 24.8 Å². The number of hydrogen-bond donors (Lipinski definition) is 3. The molecule has 2 heterocycles. The smallest absolute Gasteiger partial charge is 0.181 e. The molecule has 3 N–H and O–H groups in total. The molecule has 0 fully saturated rings.